The SMILES string of the molecule is COc1cc(NCCCOCC2CCOC2)c(F)cc1[N+](=O)[O-]. The number of ether oxygens (including phenoxy) is 3. The van der Waals surface area contributed by atoms with Crippen LogP contribution in [-0.4, -0.2) is 45.0 Å². The number of benzene rings is 1. The summed E-state index contributed by atoms with van der Waals surface area (Å²) in [5.41, 5.74) is -0.214. The molecule has 0 aromatic heterocycles. The third-order valence-electron chi connectivity index (χ3n) is 3.62. The summed E-state index contributed by atoms with van der Waals surface area (Å²) in [6, 6.07) is 2.15. The molecule has 1 heterocycles. The van der Waals surface area contributed by atoms with E-state index in [1.165, 1.54) is 13.2 Å². The molecule has 0 radical (unpaired) electrons. The Bertz CT molecular complexity index is 535. The van der Waals surface area contributed by atoms with E-state index >= 15 is 0 Å². The van der Waals surface area contributed by atoms with Crippen LogP contribution in [0.2, 0.25) is 0 Å². The van der Waals surface area contributed by atoms with Gasteiger partial charge in [-0.05, 0) is 12.8 Å². The van der Waals surface area contributed by atoms with Gasteiger partial charge >= 0.3 is 5.69 Å². The van der Waals surface area contributed by atoms with E-state index in [0.717, 1.165) is 25.7 Å². The highest BCUT2D eigenvalue weighted by atomic mass is 19.1. The predicted molar refractivity (Wildman–Crippen MR) is 82.5 cm³/mol. The number of hydrogen-bond donors (Lipinski definition) is 1. The molecule has 0 amide bonds. The molecule has 1 unspecified atom stereocenters. The molecule has 23 heavy (non-hydrogen) atoms. The number of nitro groups is 1. The lowest BCUT2D eigenvalue weighted by Crippen LogP contribution is -2.12. The molecule has 128 valence electrons. The van der Waals surface area contributed by atoms with Crippen molar-refractivity contribution in [2.75, 3.05) is 45.4 Å². The number of rotatable bonds is 9. The van der Waals surface area contributed by atoms with Gasteiger partial charge in [-0.3, -0.25) is 10.1 Å². The third kappa shape index (κ3) is 5.04. The van der Waals surface area contributed by atoms with Gasteiger partial charge in [0.2, 0.25) is 0 Å². The largest absolute Gasteiger partial charge is 0.490 e. The van der Waals surface area contributed by atoms with Crippen molar-refractivity contribution in [1.29, 1.82) is 0 Å². The minimum Gasteiger partial charge on any atom is -0.490 e. The average Bonchev–Trinajstić information content (AvgIpc) is 3.04. The van der Waals surface area contributed by atoms with Crippen molar-refractivity contribution in [3.8, 4) is 5.75 Å². The molecule has 1 N–H and O–H groups in total. The number of halogens is 1. The van der Waals surface area contributed by atoms with Crippen molar-refractivity contribution < 1.29 is 23.5 Å². The summed E-state index contributed by atoms with van der Waals surface area (Å²) in [4.78, 5) is 10.1. The number of nitrogens with zero attached hydrogens (tertiary/aromatic N) is 1. The zero-order chi connectivity index (χ0) is 16.7. The van der Waals surface area contributed by atoms with Gasteiger partial charge in [-0.2, -0.15) is 0 Å². The van der Waals surface area contributed by atoms with Crippen molar-refractivity contribution in [3.63, 3.8) is 0 Å². The molecular weight excluding hydrogens is 307 g/mol. The van der Waals surface area contributed by atoms with Gasteiger partial charge in [-0.1, -0.05) is 0 Å². The fourth-order valence-electron chi connectivity index (χ4n) is 2.35. The van der Waals surface area contributed by atoms with Crippen LogP contribution in [0.25, 0.3) is 0 Å². The van der Waals surface area contributed by atoms with Gasteiger partial charge in [0.05, 0.1) is 37.0 Å². The van der Waals surface area contributed by atoms with Crippen LogP contribution in [0.4, 0.5) is 15.8 Å². The summed E-state index contributed by atoms with van der Waals surface area (Å²) in [6.45, 7) is 3.30. The van der Waals surface area contributed by atoms with Crippen LogP contribution in [0.1, 0.15) is 12.8 Å². The molecular formula is C15H21FN2O5. The van der Waals surface area contributed by atoms with Gasteiger partial charge in [0.15, 0.2) is 11.6 Å². The number of methoxy groups -OCH3 is 1. The van der Waals surface area contributed by atoms with Gasteiger partial charge in [0.1, 0.15) is 0 Å². The molecule has 1 aliphatic heterocycles. The molecule has 0 saturated carbocycles. The lowest BCUT2D eigenvalue weighted by atomic mass is 10.1. The fraction of sp³-hybridized carbons (Fsp3) is 0.600. The zero-order valence-electron chi connectivity index (χ0n) is 13.0. The minimum absolute atomic E-state index is 0.0244. The lowest BCUT2D eigenvalue weighted by molar-refractivity contribution is -0.385. The Hall–Kier alpha value is -1.93. The fourth-order valence-corrected chi connectivity index (χ4v) is 2.35. The first kappa shape index (κ1) is 17.4. The van der Waals surface area contributed by atoms with Crippen LogP contribution < -0.4 is 10.1 Å². The summed E-state index contributed by atoms with van der Waals surface area (Å²) in [5, 5.41) is 13.7. The Kier molecular flexibility index (Phi) is 6.54. The van der Waals surface area contributed by atoms with Gasteiger partial charge in [0, 0.05) is 31.7 Å². The van der Waals surface area contributed by atoms with Gasteiger partial charge in [-0.15, -0.1) is 0 Å². The maximum atomic E-state index is 13.8. The average molecular weight is 328 g/mol. The summed E-state index contributed by atoms with van der Waals surface area (Å²) < 4.78 is 29.6. The molecule has 8 heteroatoms. The molecule has 1 aromatic rings. The lowest BCUT2D eigenvalue weighted by Gasteiger charge is -2.11. The summed E-state index contributed by atoms with van der Waals surface area (Å²) >= 11 is 0. The van der Waals surface area contributed by atoms with Crippen LogP contribution in [-0.2, 0) is 9.47 Å². The van der Waals surface area contributed by atoms with Gasteiger partial charge in [-0.25, -0.2) is 4.39 Å². The molecule has 1 saturated heterocycles. The predicted octanol–water partition coefficient (Wildman–Crippen LogP) is 2.60. The summed E-state index contributed by atoms with van der Waals surface area (Å²) in [5.74, 6) is -0.183. The van der Waals surface area contributed by atoms with E-state index in [1.54, 1.807) is 0 Å². The monoisotopic (exact) mass is 328 g/mol. The summed E-state index contributed by atoms with van der Waals surface area (Å²) in [7, 11) is 1.31. The van der Waals surface area contributed by atoms with Crippen molar-refractivity contribution in [3.05, 3.63) is 28.1 Å². The molecule has 0 spiro atoms. The molecule has 7 nitrogen and oxygen atoms in total. The maximum absolute atomic E-state index is 13.8. The molecule has 1 aliphatic rings. The Labute approximate surface area is 133 Å². The van der Waals surface area contributed by atoms with E-state index in [4.69, 9.17) is 14.2 Å². The van der Waals surface area contributed by atoms with E-state index in [-0.39, 0.29) is 11.4 Å². The van der Waals surface area contributed by atoms with Crippen molar-refractivity contribution in [1.82, 2.24) is 0 Å². The quantitative estimate of drug-likeness (QED) is 0.426. The van der Waals surface area contributed by atoms with E-state index < -0.39 is 16.4 Å². The third-order valence-corrected chi connectivity index (χ3v) is 3.62. The molecule has 1 atom stereocenters. The molecule has 0 aliphatic carbocycles. The number of nitro benzene ring substituents is 1. The van der Waals surface area contributed by atoms with E-state index in [0.29, 0.717) is 32.1 Å². The Balaban J connectivity index is 1.75. The van der Waals surface area contributed by atoms with Crippen LogP contribution in [0.3, 0.4) is 0 Å². The Morgan fingerprint density at radius 3 is 3.00 bits per heavy atom. The van der Waals surface area contributed by atoms with Crippen LogP contribution in [0.5, 0.6) is 5.75 Å². The molecule has 1 fully saturated rings. The topological polar surface area (TPSA) is 82.9 Å². The smallest absolute Gasteiger partial charge is 0.313 e. The number of nitrogens with one attached hydrogen (secondary N) is 1. The molecule has 2 rings (SSSR count). The number of anilines is 1. The van der Waals surface area contributed by atoms with Gasteiger partial charge in [0.25, 0.3) is 0 Å². The second-order valence-corrected chi connectivity index (χ2v) is 5.35. The van der Waals surface area contributed by atoms with Crippen LogP contribution in [0, 0.1) is 21.8 Å². The van der Waals surface area contributed by atoms with Crippen LogP contribution >= 0.6 is 0 Å². The second kappa shape index (κ2) is 8.64. The first-order valence-corrected chi connectivity index (χ1v) is 7.53. The second-order valence-electron chi connectivity index (χ2n) is 5.35. The Morgan fingerprint density at radius 2 is 2.35 bits per heavy atom. The van der Waals surface area contributed by atoms with Crippen molar-refractivity contribution in [2.24, 2.45) is 5.92 Å². The standard InChI is InChI=1S/C15H21FN2O5/c1-21-15-8-13(12(16)7-14(15)18(19)20)17-4-2-5-22-9-11-3-6-23-10-11/h7-8,11,17H,2-6,9-10H2,1H3. The first-order chi connectivity index (χ1) is 11.1. The zero-order valence-corrected chi connectivity index (χ0v) is 13.0. The normalized spacial score (nSPS) is 17.2. The van der Waals surface area contributed by atoms with E-state index in [9.17, 15) is 14.5 Å². The highest BCUT2D eigenvalue weighted by Gasteiger charge is 2.19. The van der Waals surface area contributed by atoms with Crippen LogP contribution in [0.15, 0.2) is 12.1 Å². The highest BCUT2D eigenvalue weighted by Crippen LogP contribution is 2.32. The van der Waals surface area contributed by atoms with Crippen molar-refractivity contribution >= 4 is 11.4 Å². The first-order valence-electron chi connectivity index (χ1n) is 7.53. The summed E-state index contributed by atoms with van der Waals surface area (Å²) in [6.07, 6.45) is 1.73. The highest BCUT2D eigenvalue weighted by molar-refractivity contribution is 5.59. The molecule has 0 bridgehead atoms. The van der Waals surface area contributed by atoms with E-state index in [2.05, 4.69) is 5.32 Å². The Morgan fingerprint density at radius 1 is 1.52 bits per heavy atom. The maximum Gasteiger partial charge on any atom is 0.313 e. The minimum atomic E-state index is -0.679. The number of hydrogen-bond acceptors (Lipinski definition) is 6. The van der Waals surface area contributed by atoms with E-state index in [1.807, 2.05) is 0 Å². The molecule has 1 aromatic carbocycles. The van der Waals surface area contributed by atoms with Crippen molar-refractivity contribution in [2.45, 2.75) is 12.8 Å². The van der Waals surface area contributed by atoms with Gasteiger partial charge < -0.3 is 19.5 Å².